The highest BCUT2D eigenvalue weighted by Gasteiger charge is 2.07. The van der Waals surface area contributed by atoms with E-state index in [0.717, 1.165) is 28.7 Å². The molecular weight excluding hydrogens is 285 g/mol. The van der Waals surface area contributed by atoms with Crippen molar-refractivity contribution in [1.29, 1.82) is 0 Å². The van der Waals surface area contributed by atoms with Gasteiger partial charge in [0, 0.05) is 23.7 Å². The van der Waals surface area contributed by atoms with E-state index in [1.165, 1.54) is 12.1 Å². The first-order valence-electron chi connectivity index (χ1n) is 6.99. The van der Waals surface area contributed by atoms with Gasteiger partial charge in [-0.05, 0) is 36.6 Å². The third-order valence-electron chi connectivity index (χ3n) is 2.88. The van der Waals surface area contributed by atoms with Crippen LogP contribution in [-0.4, -0.2) is 17.0 Å². The molecule has 0 unspecified atom stereocenters. The van der Waals surface area contributed by atoms with E-state index < -0.39 is 0 Å². The van der Waals surface area contributed by atoms with E-state index >= 15 is 0 Å². The predicted octanol–water partition coefficient (Wildman–Crippen LogP) is 4.15. The predicted molar refractivity (Wildman–Crippen MR) is 86.1 cm³/mol. The number of halogens is 1. The van der Waals surface area contributed by atoms with Crippen molar-refractivity contribution in [2.45, 2.75) is 30.9 Å². The van der Waals surface area contributed by atoms with Crippen molar-refractivity contribution in [3.05, 3.63) is 47.7 Å². The standard InChI is InChI=1S/C16H20FN3S/c1-11(2)8-13-9-15(18-3)20-16(19-13)10-21-14-6-4-12(17)5-7-14/h4-7,9,11H,8,10H2,1-3H3,(H,18,19,20). The molecule has 1 aromatic carbocycles. The molecule has 1 aromatic heterocycles. The number of aromatic nitrogens is 2. The van der Waals surface area contributed by atoms with Gasteiger partial charge in [0.05, 0.1) is 5.75 Å². The van der Waals surface area contributed by atoms with Crippen molar-refractivity contribution in [3.8, 4) is 0 Å². The Labute approximate surface area is 129 Å². The van der Waals surface area contributed by atoms with Crippen LogP contribution in [0.1, 0.15) is 25.4 Å². The summed E-state index contributed by atoms with van der Waals surface area (Å²) in [4.78, 5) is 10.1. The van der Waals surface area contributed by atoms with Crippen LogP contribution in [0.2, 0.25) is 0 Å². The molecule has 0 spiro atoms. The fourth-order valence-corrected chi connectivity index (χ4v) is 2.70. The molecule has 0 saturated carbocycles. The van der Waals surface area contributed by atoms with Gasteiger partial charge in [-0.3, -0.25) is 0 Å². The lowest BCUT2D eigenvalue weighted by atomic mass is 10.1. The fraction of sp³-hybridized carbons (Fsp3) is 0.375. The lowest BCUT2D eigenvalue weighted by Crippen LogP contribution is -2.05. The normalized spacial score (nSPS) is 10.9. The summed E-state index contributed by atoms with van der Waals surface area (Å²) in [5.41, 5.74) is 1.05. The molecule has 2 rings (SSSR count). The zero-order valence-corrected chi connectivity index (χ0v) is 13.4. The van der Waals surface area contributed by atoms with Crippen LogP contribution in [-0.2, 0) is 12.2 Å². The van der Waals surface area contributed by atoms with Crippen molar-refractivity contribution in [3.63, 3.8) is 0 Å². The Morgan fingerprint density at radius 3 is 2.52 bits per heavy atom. The monoisotopic (exact) mass is 305 g/mol. The maximum Gasteiger partial charge on any atom is 0.141 e. The van der Waals surface area contributed by atoms with Crippen molar-refractivity contribution in [2.24, 2.45) is 5.92 Å². The molecule has 0 saturated heterocycles. The molecule has 0 aliphatic heterocycles. The van der Waals surface area contributed by atoms with E-state index in [1.807, 2.05) is 13.1 Å². The topological polar surface area (TPSA) is 37.8 Å². The lowest BCUT2D eigenvalue weighted by molar-refractivity contribution is 0.626. The van der Waals surface area contributed by atoms with Crippen molar-refractivity contribution in [1.82, 2.24) is 9.97 Å². The van der Waals surface area contributed by atoms with Gasteiger partial charge in [-0.1, -0.05) is 13.8 Å². The molecule has 0 amide bonds. The first kappa shape index (κ1) is 15.8. The van der Waals surface area contributed by atoms with Gasteiger partial charge in [-0.15, -0.1) is 11.8 Å². The molecule has 21 heavy (non-hydrogen) atoms. The van der Waals surface area contributed by atoms with Crippen LogP contribution in [0.5, 0.6) is 0 Å². The molecule has 5 heteroatoms. The summed E-state index contributed by atoms with van der Waals surface area (Å²) in [7, 11) is 1.86. The molecule has 112 valence electrons. The van der Waals surface area contributed by atoms with Gasteiger partial charge < -0.3 is 5.32 Å². The van der Waals surface area contributed by atoms with Gasteiger partial charge >= 0.3 is 0 Å². The second kappa shape index (κ2) is 7.41. The minimum Gasteiger partial charge on any atom is -0.373 e. The summed E-state index contributed by atoms with van der Waals surface area (Å²) in [6.07, 6.45) is 0.936. The number of nitrogens with zero attached hydrogens (tertiary/aromatic N) is 2. The van der Waals surface area contributed by atoms with Crippen LogP contribution in [0, 0.1) is 11.7 Å². The van der Waals surface area contributed by atoms with Crippen LogP contribution >= 0.6 is 11.8 Å². The Hall–Kier alpha value is -1.62. The zero-order chi connectivity index (χ0) is 15.2. The molecule has 0 atom stereocenters. The summed E-state index contributed by atoms with van der Waals surface area (Å²) in [5.74, 6) is 2.66. The first-order valence-corrected chi connectivity index (χ1v) is 7.98. The molecule has 0 bridgehead atoms. The van der Waals surface area contributed by atoms with Crippen LogP contribution in [0.15, 0.2) is 35.2 Å². The van der Waals surface area contributed by atoms with Gasteiger partial charge in [-0.2, -0.15) is 0 Å². The Morgan fingerprint density at radius 1 is 1.19 bits per heavy atom. The number of anilines is 1. The maximum absolute atomic E-state index is 12.9. The molecule has 0 radical (unpaired) electrons. The number of nitrogens with one attached hydrogen (secondary N) is 1. The molecule has 1 heterocycles. The summed E-state index contributed by atoms with van der Waals surface area (Å²) < 4.78 is 12.9. The second-order valence-electron chi connectivity index (χ2n) is 5.25. The van der Waals surface area contributed by atoms with Gasteiger partial charge in [-0.25, -0.2) is 14.4 Å². The van der Waals surface area contributed by atoms with E-state index in [-0.39, 0.29) is 5.82 Å². The first-order chi connectivity index (χ1) is 10.1. The number of rotatable bonds is 6. The highest BCUT2D eigenvalue weighted by atomic mass is 32.2. The second-order valence-corrected chi connectivity index (χ2v) is 6.30. The van der Waals surface area contributed by atoms with Crippen LogP contribution in [0.4, 0.5) is 10.2 Å². The number of thioether (sulfide) groups is 1. The van der Waals surface area contributed by atoms with Crippen LogP contribution in [0.3, 0.4) is 0 Å². The highest BCUT2D eigenvalue weighted by molar-refractivity contribution is 7.98. The number of hydrogen-bond donors (Lipinski definition) is 1. The van der Waals surface area contributed by atoms with Crippen molar-refractivity contribution < 1.29 is 4.39 Å². The SMILES string of the molecule is CNc1cc(CC(C)C)nc(CSc2ccc(F)cc2)n1. The quantitative estimate of drug-likeness (QED) is 0.814. The molecule has 3 nitrogen and oxygen atoms in total. The summed E-state index contributed by atoms with van der Waals surface area (Å²) >= 11 is 1.61. The zero-order valence-electron chi connectivity index (χ0n) is 12.6. The Bertz CT molecular complexity index is 585. The van der Waals surface area contributed by atoms with Crippen molar-refractivity contribution in [2.75, 3.05) is 12.4 Å². The minimum absolute atomic E-state index is 0.216. The third-order valence-corrected chi connectivity index (χ3v) is 3.89. The number of benzene rings is 1. The molecule has 0 fully saturated rings. The average Bonchev–Trinajstić information content (AvgIpc) is 2.45. The molecular formula is C16H20FN3S. The van der Waals surface area contributed by atoms with E-state index in [1.54, 1.807) is 23.9 Å². The Morgan fingerprint density at radius 2 is 1.90 bits per heavy atom. The van der Waals surface area contributed by atoms with E-state index in [9.17, 15) is 4.39 Å². The van der Waals surface area contributed by atoms with Gasteiger partial charge in [0.15, 0.2) is 0 Å². The fourth-order valence-electron chi connectivity index (χ4n) is 1.95. The molecule has 2 aromatic rings. The summed E-state index contributed by atoms with van der Waals surface area (Å²) in [6, 6.07) is 8.48. The van der Waals surface area contributed by atoms with Crippen LogP contribution in [0.25, 0.3) is 0 Å². The van der Waals surface area contributed by atoms with E-state index in [0.29, 0.717) is 11.7 Å². The van der Waals surface area contributed by atoms with E-state index in [4.69, 9.17) is 0 Å². The van der Waals surface area contributed by atoms with Gasteiger partial charge in [0.1, 0.15) is 17.5 Å². The summed E-state index contributed by atoms with van der Waals surface area (Å²) in [6.45, 7) is 4.35. The maximum atomic E-state index is 12.9. The lowest BCUT2D eigenvalue weighted by Gasteiger charge is -2.09. The van der Waals surface area contributed by atoms with Crippen LogP contribution < -0.4 is 5.32 Å². The van der Waals surface area contributed by atoms with Gasteiger partial charge in [0.2, 0.25) is 0 Å². The molecule has 0 aliphatic rings. The Kier molecular flexibility index (Phi) is 5.56. The summed E-state index contributed by atoms with van der Waals surface area (Å²) in [5, 5.41) is 3.08. The van der Waals surface area contributed by atoms with Gasteiger partial charge in [0.25, 0.3) is 0 Å². The highest BCUT2D eigenvalue weighted by Crippen LogP contribution is 2.22. The van der Waals surface area contributed by atoms with E-state index in [2.05, 4.69) is 29.1 Å². The average molecular weight is 305 g/mol. The molecule has 0 aliphatic carbocycles. The van der Waals surface area contributed by atoms with Crippen molar-refractivity contribution >= 4 is 17.6 Å². The molecule has 1 N–H and O–H groups in total. The minimum atomic E-state index is -0.216. The largest absolute Gasteiger partial charge is 0.373 e. The Balaban J connectivity index is 2.09. The third kappa shape index (κ3) is 5.01. The number of hydrogen-bond acceptors (Lipinski definition) is 4. The smallest absolute Gasteiger partial charge is 0.141 e.